The zero-order chi connectivity index (χ0) is 15.1. The summed E-state index contributed by atoms with van der Waals surface area (Å²) in [7, 11) is 1.53. The van der Waals surface area contributed by atoms with Gasteiger partial charge in [0, 0.05) is 13.7 Å². The molecule has 4 nitrogen and oxygen atoms in total. The Hall–Kier alpha value is -2.17. The van der Waals surface area contributed by atoms with Crippen LogP contribution in [0.25, 0.3) is 0 Å². The van der Waals surface area contributed by atoms with Crippen molar-refractivity contribution in [3.05, 3.63) is 71.8 Å². The number of hydrogen-bond acceptors (Lipinski definition) is 3. The van der Waals surface area contributed by atoms with Crippen molar-refractivity contribution in [1.29, 1.82) is 0 Å². The molecule has 0 heterocycles. The highest BCUT2D eigenvalue weighted by atomic mass is 16.5. The quantitative estimate of drug-likeness (QED) is 0.854. The second-order valence-electron chi connectivity index (χ2n) is 4.73. The summed E-state index contributed by atoms with van der Waals surface area (Å²) in [6.07, 6.45) is -0.635. The maximum absolute atomic E-state index is 12.4. The Morgan fingerprint density at radius 2 is 1.57 bits per heavy atom. The molecule has 0 aromatic heterocycles. The average Bonchev–Trinajstić information content (AvgIpc) is 2.55. The SMILES string of the molecule is COC(C(=O)NC(CN)c1ccccc1)c1ccccc1. The van der Waals surface area contributed by atoms with Crippen LogP contribution in [-0.4, -0.2) is 19.6 Å². The Labute approximate surface area is 124 Å². The van der Waals surface area contributed by atoms with Gasteiger partial charge in [-0.25, -0.2) is 0 Å². The molecule has 0 aliphatic heterocycles. The maximum atomic E-state index is 12.4. The van der Waals surface area contributed by atoms with Crippen LogP contribution in [0.2, 0.25) is 0 Å². The minimum Gasteiger partial charge on any atom is -0.367 e. The molecule has 0 saturated heterocycles. The van der Waals surface area contributed by atoms with E-state index in [1.165, 1.54) is 7.11 Å². The Balaban J connectivity index is 2.11. The summed E-state index contributed by atoms with van der Waals surface area (Å²) < 4.78 is 5.33. The van der Waals surface area contributed by atoms with Crippen LogP contribution in [-0.2, 0) is 9.53 Å². The van der Waals surface area contributed by atoms with Crippen LogP contribution in [0.15, 0.2) is 60.7 Å². The van der Waals surface area contributed by atoms with Crippen molar-refractivity contribution in [2.75, 3.05) is 13.7 Å². The van der Waals surface area contributed by atoms with Crippen LogP contribution in [0.1, 0.15) is 23.3 Å². The molecular weight excluding hydrogens is 264 g/mol. The maximum Gasteiger partial charge on any atom is 0.254 e. The van der Waals surface area contributed by atoms with Crippen LogP contribution < -0.4 is 11.1 Å². The highest BCUT2D eigenvalue weighted by molar-refractivity contribution is 5.82. The number of carbonyl (C=O) groups excluding carboxylic acids is 1. The Morgan fingerprint density at radius 3 is 2.05 bits per heavy atom. The van der Waals surface area contributed by atoms with E-state index in [4.69, 9.17) is 10.5 Å². The zero-order valence-electron chi connectivity index (χ0n) is 12.0. The molecule has 2 rings (SSSR count). The molecule has 2 atom stereocenters. The van der Waals surface area contributed by atoms with Gasteiger partial charge in [-0.1, -0.05) is 60.7 Å². The number of hydrogen-bond donors (Lipinski definition) is 2. The van der Waals surface area contributed by atoms with E-state index >= 15 is 0 Å². The van der Waals surface area contributed by atoms with Crippen molar-refractivity contribution in [3.8, 4) is 0 Å². The van der Waals surface area contributed by atoms with Crippen molar-refractivity contribution in [1.82, 2.24) is 5.32 Å². The summed E-state index contributed by atoms with van der Waals surface area (Å²) in [5.41, 5.74) is 7.58. The van der Waals surface area contributed by atoms with Gasteiger partial charge in [-0.2, -0.15) is 0 Å². The Morgan fingerprint density at radius 1 is 1.05 bits per heavy atom. The lowest BCUT2D eigenvalue weighted by Crippen LogP contribution is -2.37. The fourth-order valence-corrected chi connectivity index (χ4v) is 2.23. The number of rotatable bonds is 6. The fraction of sp³-hybridized carbons (Fsp3) is 0.235. The van der Waals surface area contributed by atoms with E-state index in [1.54, 1.807) is 0 Å². The first-order valence-electron chi connectivity index (χ1n) is 6.89. The normalized spacial score (nSPS) is 13.4. The van der Waals surface area contributed by atoms with E-state index in [0.717, 1.165) is 11.1 Å². The third-order valence-corrected chi connectivity index (χ3v) is 3.33. The van der Waals surface area contributed by atoms with Gasteiger partial charge in [-0.3, -0.25) is 4.79 Å². The first-order chi connectivity index (χ1) is 10.3. The molecule has 21 heavy (non-hydrogen) atoms. The predicted octanol–water partition coefficient (Wildman–Crippen LogP) is 2.19. The first kappa shape index (κ1) is 15.2. The summed E-state index contributed by atoms with van der Waals surface area (Å²) in [5, 5.41) is 2.94. The van der Waals surface area contributed by atoms with E-state index < -0.39 is 6.10 Å². The minimum absolute atomic E-state index is 0.192. The summed E-state index contributed by atoms with van der Waals surface area (Å²) in [6.45, 7) is 0.334. The summed E-state index contributed by atoms with van der Waals surface area (Å²) in [6, 6.07) is 18.9. The van der Waals surface area contributed by atoms with Crippen LogP contribution in [0.3, 0.4) is 0 Å². The van der Waals surface area contributed by atoms with Crippen molar-refractivity contribution in [3.63, 3.8) is 0 Å². The molecule has 0 aliphatic rings. The summed E-state index contributed by atoms with van der Waals surface area (Å²) in [5.74, 6) is -0.192. The van der Waals surface area contributed by atoms with Crippen molar-refractivity contribution < 1.29 is 9.53 Å². The Kier molecular flexibility index (Phi) is 5.49. The van der Waals surface area contributed by atoms with Crippen LogP contribution in [0.5, 0.6) is 0 Å². The van der Waals surface area contributed by atoms with Gasteiger partial charge in [0.2, 0.25) is 0 Å². The molecule has 2 aromatic rings. The minimum atomic E-state index is -0.635. The van der Waals surface area contributed by atoms with Gasteiger partial charge in [0.1, 0.15) is 0 Å². The predicted molar refractivity (Wildman–Crippen MR) is 82.6 cm³/mol. The van der Waals surface area contributed by atoms with Gasteiger partial charge in [-0.05, 0) is 11.1 Å². The van der Waals surface area contributed by atoms with Gasteiger partial charge < -0.3 is 15.8 Å². The molecule has 0 fully saturated rings. The lowest BCUT2D eigenvalue weighted by molar-refractivity contribution is -0.132. The zero-order valence-corrected chi connectivity index (χ0v) is 12.0. The van der Waals surface area contributed by atoms with E-state index in [2.05, 4.69) is 5.32 Å². The second kappa shape index (κ2) is 7.57. The number of nitrogens with two attached hydrogens (primary N) is 1. The van der Waals surface area contributed by atoms with Crippen LogP contribution in [0, 0.1) is 0 Å². The van der Waals surface area contributed by atoms with Crippen molar-refractivity contribution in [2.24, 2.45) is 5.73 Å². The number of amides is 1. The van der Waals surface area contributed by atoms with Crippen LogP contribution in [0.4, 0.5) is 0 Å². The van der Waals surface area contributed by atoms with Gasteiger partial charge in [0.25, 0.3) is 5.91 Å². The van der Waals surface area contributed by atoms with Crippen molar-refractivity contribution >= 4 is 5.91 Å². The van der Waals surface area contributed by atoms with Gasteiger partial charge in [-0.15, -0.1) is 0 Å². The summed E-state index contributed by atoms with van der Waals surface area (Å²) >= 11 is 0. The molecule has 4 heteroatoms. The molecule has 0 spiro atoms. The summed E-state index contributed by atoms with van der Waals surface area (Å²) in [4.78, 5) is 12.4. The number of methoxy groups -OCH3 is 1. The smallest absolute Gasteiger partial charge is 0.254 e. The lowest BCUT2D eigenvalue weighted by atomic mass is 10.1. The average molecular weight is 284 g/mol. The molecular formula is C17H20N2O2. The number of nitrogens with one attached hydrogen (secondary N) is 1. The molecule has 0 bridgehead atoms. The van der Waals surface area contributed by atoms with E-state index in [-0.39, 0.29) is 11.9 Å². The van der Waals surface area contributed by atoms with Gasteiger partial charge in [0.05, 0.1) is 6.04 Å². The largest absolute Gasteiger partial charge is 0.367 e. The molecule has 2 unspecified atom stereocenters. The molecule has 110 valence electrons. The molecule has 1 amide bonds. The van der Waals surface area contributed by atoms with E-state index in [1.807, 2.05) is 60.7 Å². The highest BCUT2D eigenvalue weighted by Crippen LogP contribution is 2.19. The molecule has 2 aromatic carbocycles. The van der Waals surface area contributed by atoms with E-state index in [0.29, 0.717) is 6.54 Å². The third kappa shape index (κ3) is 3.90. The molecule has 0 saturated carbocycles. The number of benzene rings is 2. The van der Waals surface area contributed by atoms with E-state index in [9.17, 15) is 4.79 Å². The molecule has 3 N–H and O–H groups in total. The van der Waals surface area contributed by atoms with Gasteiger partial charge in [0.15, 0.2) is 6.10 Å². The molecule has 0 radical (unpaired) electrons. The monoisotopic (exact) mass is 284 g/mol. The van der Waals surface area contributed by atoms with Gasteiger partial charge >= 0.3 is 0 Å². The third-order valence-electron chi connectivity index (χ3n) is 3.33. The topological polar surface area (TPSA) is 64.3 Å². The van der Waals surface area contributed by atoms with Crippen molar-refractivity contribution in [2.45, 2.75) is 12.1 Å². The highest BCUT2D eigenvalue weighted by Gasteiger charge is 2.22. The number of ether oxygens (including phenoxy) is 1. The first-order valence-corrected chi connectivity index (χ1v) is 6.89. The fourth-order valence-electron chi connectivity index (χ4n) is 2.23. The van der Waals surface area contributed by atoms with Crippen LogP contribution >= 0.6 is 0 Å². The standard InChI is InChI=1S/C17H20N2O2/c1-21-16(14-10-6-3-7-11-14)17(20)19-15(12-18)13-8-4-2-5-9-13/h2-11,15-16H,12,18H2,1H3,(H,19,20). The Bertz CT molecular complexity index is 558. The second-order valence-corrected chi connectivity index (χ2v) is 4.73. The molecule has 0 aliphatic carbocycles. The lowest BCUT2D eigenvalue weighted by Gasteiger charge is -2.21. The number of carbonyl (C=O) groups is 1.